The van der Waals surface area contributed by atoms with Gasteiger partial charge in [-0.25, -0.2) is 9.59 Å². The fraction of sp³-hybridized carbons (Fsp3) is 0.533. The van der Waals surface area contributed by atoms with Crippen LogP contribution < -0.4 is 11.1 Å². The van der Waals surface area contributed by atoms with Gasteiger partial charge in [-0.05, 0) is 12.0 Å². The number of nitrogens with zero attached hydrogens (tertiary/aromatic N) is 2. The zero-order valence-electron chi connectivity index (χ0n) is 13.9. The lowest BCUT2D eigenvalue weighted by Gasteiger charge is -2.49. The SMILES string of the molecule is CC(=O)N1C[C@H]2CC(COC(=O)NCC(N)=O)=C(C(=O)O)N3C(=O)[C@@H]1[C@@H]23. The third-order valence-corrected chi connectivity index (χ3v) is 4.84. The van der Waals surface area contributed by atoms with E-state index in [0.29, 0.717) is 13.0 Å². The Kier molecular flexibility index (Phi) is 4.30. The largest absolute Gasteiger partial charge is 0.477 e. The van der Waals surface area contributed by atoms with E-state index in [1.807, 2.05) is 0 Å². The van der Waals surface area contributed by atoms with Crippen molar-refractivity contribution in [2.24, 2.45) is 11.7 Å². The first kappa shape index (κ1) is 17.7. The number of carbonyl (C=O) groups excluding carboxylic acids is 4. The number of rotatable bonds is 5. The highest BCUT2D eigenvalue weighted by molar-refractivity contribution is 6.02. The predicted molar refractivity (Wildman–Crippen MR) is 83.1 cm³/mol. The average Bonchev–Trinajstić information content (AvgIpc) is 2.93. The third kappa shape index (κ3) is 2.74. The van der Waals surface area contributed by atoms with Crippen LogP contribution in [0.1, 0.15) is 13.3 Å². The normalized spacial score (nSPS) is 26.2. The molecule has 3 aliphatic rings. The van der Waals surface area contributed by atoms with Crippen molar-refractivity contribution in [1.29, 1.82) is 0 Å². The van der Waals surface area contributed by atoms with Gasteiger partial charge in [-0.2, -0.15) is 0 Å². The molecule has 0 saturated carbocycles. The lowest BCUT2D eigenvalue weighted by atomic mass is 9.79. The second-order valence-electron chi connectivity index (χ2n) is 6.43. The molecule has 0 aromatic rings. The van der Waals surface area contributed by atoms with E-state index in [4.69, 9.17) is 10.5 Å². The second-order valence-corrected chi connectivity index (χ2v) is 6.43. The zero-order chi connectivity index (χ0) is 19.2. The minimum absolute atomic E-state index is 0.114. The molecule has 0 aliphatic carbocycles. The number of β-lactam (4-membered cyclic amide) rings is 1. The van der Waals surface area contributed by atoms with Crippen LogP contribution in [0.5, 0.6) is 0 Å². The predicted octanol–water partition coefficient (Wildman–Crippen LogP) is -2.00. The Morgan fingerprint density at radius 3 is 2.62 bits per heavy atom. The first-order valence-electron chi connectivity index (χ1n) is 7.97. The van der Waals surface area contributed by atoms with Crippen molar-refractivity contribution in [3.8, 4) is 0 Å². The summed E-state index contributed by atoms with van der Waals surface area (Å²) in [6, 6.07) is -0.974. The molecule has 140 valence electrons. The van der Waals surface area contributed by atoms with Crippen LogP contribution >= 0.6 is 0 Å². The van der Waals surface area contributed by atoms with Crippen molar-refractivity contribution < 1.29 is 33.8 Å². The van der Waals surface area contributed by atoms with E-state index >= 15 is 0 Å². The smallest absolute Gasteiger partial charge is 0.407 e. The summed E-state index contributed by atoms with van der Waals surface area (Å²) in [6.45, 7) is 0.960. The van der Waals surface area contributed by atoms with E-state index in [9.17, 15) is 29.1 Å². The molecular weight excluding hydrogens is 348 g/mol. The molecule has 0 bridgehead atoms. The van der Waals surface area contributed by atoms with Gasteiger partial charge < -0.3 is 25.8 Å². The highest BCUT2D eigenvalue weighted by Crippen LogP contribution is 2.47. The molecule has 0 radical (unpaired) electrons. The van der Waals surface area contributed by atoms with Crippen molar-refractivity contribution in [3.05, 3.63) is 11.3 Å². The zero-order valence-corrected chi connectivity index (χ0v) is 13.9. The second kappa shape index (κ2) is 6.32. The number of aliphatic carboxylic acids is 1. The van der Waals surface area contributed by atoms with Crippen LogP contribution in [0.15, 0.2) is 11.3 Å². The summed E-state index contributed by atoms with van der Waals surface area (Å²) >= 11 is 0. The Labute approximate surface area is 147 Å². The molecule has 26 heavy (non-hydrogen) atoms. The van der Waals surface area contributed by atoms with Gasteiger partial charge in [0.15, 0.2) is 0 Å². The number of likely N-dealkylation sites (tertiary alicyclic amines) is 1. The van der Waals surface area contributed by atoms with Gasteiger partial charge >= 0.3 is 12.1 Å². The fourth-order valence-corrected chi connectivity index (χ4v) is 3.85. The maximum Gasteiger partial charge on any atom is 0.407 e. The molecule has 0 aromatic heterocycles. The number of hydrogen-bond donors (Lipinski definition) is 3. The van der Waals surface area contributed by atoms with Gasteiger partial charge in [-0.3, -0.25) is 19.3 Å². The van der Waals surface area contributed by atoms with Gasteiger partial charge in [0.2, 0.25) is 11.8 Å². The number of carbonyl (C=O) groups is 5. The summed E-state index contributed by atoms with van der Waals surface area (Å²) in [6.07, 6.45) is -0.632. The number of primary amides is 1. The summed E-state index contributed by atoms with van der Waals surface area (Å²) < 4.78 is 4.94. The number of carboxylic acids is 1. The summed E-state index contributed by atoms with van der Waals surface area (Å²) in [4.78, 5) is 60.6. The number of hydrogen-bond acceptors (Lipinski definition) is 6. The highest BCUT2D eigenvalue weighted by atomic mass is 16.5. The topological polar surface area (TPSA) is 159 Å². The monoisotopic (exact) mass is 366 g/mol. The van der Waals surface area contributed by atoms with E-state index in [-0.39, 0.29) is 35.7 Å². The molecule has 0 unspecified atom stereocenters. The molecule has 3 aliphatic heterocycles. The molecule has 3 heterocycles. The molecule has 3 rings (SSSR count). The summed E-state index contributed by atoms with van der Waals surface area (Å²) in [7, 11) is 0. The van der Waals surface area contributed by atoms with Crippen LogP contribution in [-0.4, -0.2) is 76.5 Å². The molecule has 4 N–H and O–H groups in total. The molecular formula is C15H18N4O7. The molecule has 11 nitrogen and oxygen atoms in total. The molecule has 3 atom stereocenters. The van der Waals surface area contributed by atoms with Crippen LogP contribution in [-0.2, 0) is 23.9 Å². The summed E-state index contributed by atoms with van der Waals surface area (Å²) in [5.41, 5.74) is 4.98. The van der Waals surface area contributed by atoms with Gasteiger partial charge in [0.1, 0.15) is 18.3 Å². The van der Waals surface area contributed by atoms with Crippen LogP contribution in [0.3, 0.4) is 0 Å². The molecule has 2 fully saturated rings. The highest BCUT2D eigenvalue weighted by Gasteiger charge is 2.63. The van der Waals surface area contributed by atoms with Crippen LogP contribution in [0.2, 0.25) is 0 Å². The number of alkyl carbamates (subject to hydrolysis) is 1. The molecule has 0 spiro atoms. The van der Waals surface area contributed by atoms with Gasteiger partial charge in [0.25, 0.3) is 5.91 Å². The van der Waals surface area contributed by atoms with Crippen molar-refractivity contribution in [3.63, 3.8) is 0 Å². The summed E-state index contributed by atoms with van der Waals surface area (Å²) in [5.74, 6) is -2.84. The van der Waals surface area contributed by atoms with Crippen LogP contribution in [0.25, 0.3) is 0 Å². The van der Waals surface area contributed by atoms with Crippen LogP contribution in [0, 0.1) is 5.92 Å². The Morgan fingerprint density at radius 2 is 2.04 bits per heavy atom. The average molecular weight is 366 g/mol. The van der Waals surface area contributed by atoms with E-state index < -0.39 is 36.5 Å². The number of nitrogens with two attached hydrogens (primary N) is 1. The minimum Gasteiger partial charge on any atom is -0.477 e. The number of amides is 4. The van der Waals surface area contributed by atoms with E-state index in [1.165, 1.54) is 16.7 Å². The van der Waals surface area contributed by atoms with Crippen molar-refractivity contribution in [2.45, 2.75) is 25.4 Å². The Hall–Kier alpha value is -3.11. The molecule has 0 aromatic carbocycles. The summed E-state index contributed by atoms with van der Waals surface area (Å²) in [5, 5.41) is 11.6. The van der Waals surface area contributed by atoms with Gasteiger partial charge in [0.05, 0.1) is 12.6 Å². The first-order chi connectivity index (χ1) is 12.2. The lowest BCUT2D eigenvalue weighted by Crippen LogP contribution is -2.69. The Morgan fingerprint density at radius 1 is 1.35 bits per heavy atom. The van der Waals surface area contributed by atoms with Crippen molar-refractivity contribution >= 4 is 29.8 Å². The van der Waals surface area contributed by atoms with E-state index in [2.05, 4.69) is 5.32 Å². The Balaban J connectivity index is 1.77. The fourth-order valence-electron chi connectivity index (χ4n) is 3.85. The van der Waals surface area contributed by atoms with Gasteiger partial charge in [0, 0.05) is 19.4 Å². The van der Waals surface area contributed by atoms with Crippen molar-refractivity contribution in [1.82, 2.24) is 15.1 Å². The van der Waals surface area contributed by atoms with Gasteiger partial charge in [-0.15, -0.1) is 0 Å². The van der Waals surface area contributed by atoms with E-state index in [1.54, 1.807) is 0 Å². The number of ether oxygens (including phenoxy) is 1. The lowest BCUT2D eigenvalue weighted by molar-refractivity contribution is -0.159. The maximum atomic E-state index is 12.4. The first-order valence-corrected chi connectivity index (χ1v) is 7.97. The van der Waals surface area contributed by atoms with Crippen LogP contribution in [0.4, 0.5) is 4.79 Å². The molecule has 4 amide bonds. The standard InChI is InChI=1S/C15H18N4O7/c1-6(20)18-4-7-2-8(5-26-15(25)17-3-9(16)21)11(14(23)24)19-10(7)12(18)13(19)22/h7,10,12H,2-5H2,1H3,(H2,16,21)(H,17,25)(H,23,24)/t7-,10-,12+/m1/s1. The molecule has 2 saturated heterocycles. The molecule has 11 heteroatoms. The van der Waals surface area contributed by atoms with Gasteiger partial charge in [-0.1, -0.05) is 0 Å². The van der Waals surface area contributed by atoms with Crippen molar-refractivity contribution in [2.75, 3.05) is 19.7 Å². The van der Waals surface area contributed by atoms with E-state index in [0.717, 1.165) is 0 Å². The Bertz CT molecular complexity index is 746. The maximum absolute atomic E-state index is 12.4. The number of nitrogens with one attached hydrogen (secondary N) is 1. The minimum atomic E-state index is -1.30. The number of carboxylic acid groups (broad SMARTS) is 1. The quantitative estimate of drug-likeness (QED) is 0.474. The third-order valence-electron chi connectivity index (χ3n) is 4.84.